The predicted molar refractivity (Wildman–Crippen MR) is 139 cm³/mol. The molecule has 0 aliphatic carbocycles. The number of pyridine rings is 1. The number of rotatable bonds is 3. The Bertz CT molecular complexity index is 1690. The van der Waals surface area contributed by atoms with Gasteiger partial charge in [0.25, 0.3) is 0 Å². The summed E-state index contributed by atoms with van der Waals surface area (Å²) in [7, 11) is -0.543. The molecule has 34 heavy (non-hydrogen) atoms. The van der Waals surface area contributed by atoms with Gasteiger partial charge in [-0.2, -0.15) is 0 Å². The topological polar surface area (TPSA) is 12.9 Å². The number of hydrogen-bond acceptors (Lipinski definition) is 1. The van der Waals surface area contributed by atoms with Crippen molar-refractivity contribution < 1.29 is 8.78 Å². The molecule has 1 unspecified atom stereocenters. The molecule has 0 N–H and O–H groups in total. The summed E-state index contributed by atoms with van der Waals surface area (Å²) in [5, 5.41) is 5.17. The standard InChI is InChI=1S/C30H20F2NP/c1-34-29-13-6-5-10-22(29)23-11-7-12-25(30(23)34)28-17-20(19-8-3-2-4-9-19)16-27(33-28)24-15-14-21(31)18-26(24)32/h2-18H,1H3. The van der Waals surface area contributed by atoms with E-state index >= 15 is 0 Å². The van der Waals surface area contributed by atoms with Gasteiger partial charge in [0.2, 0.25) is 0 Å². The summed E-state index contributed by atoms with van der Waals surface area (Å²) < 4.78 is 28.4. The highest BCUT2D eigenvalue weighted by Gasteiger charge is 2.17. The first kappa shape index (κ1) is 20.8. The number of nitrogens with zero attached hydrogens (tertiary/aromatic N) is 1. The van der Waals surface area contributed by atoms with Crippen molar-refractivity contribution in [3.05, 3.63) is 115 Å². The summed E-state index contributed by atoms with van der Waals surface area (Å²) in [4.78, 5) is 4.91. The van der Waals surface area contributed by atoms with Crippen molar-refractivity contribution >= 4 is 28.5 Å². The third kappa shape index (κ3) is 3.41. The minimum absolute atomic E-state index is 0.287. The van der Waals surface area contributed by atoms with Crippen LogP contribution >= 0.6 is 7.53 Å². The molecule has 1 nitrogen and oxygen atoms in total. The highest BCUT2D eigenvalue weighted by Crippen LogP contribution is 2.50. The van der Waals surface area contributed by atoms with E-state index in [2.05, 4.69) is 55.2 Å². The zero-order valence-electron chi connectivity index (χ0n) is 18.5. The zero-order valence-corrected chi connectivity index (χ0v) is 19.4. The van der Waals surface area contributed by atoms with E-state index in [1.54, 1.807) is 0 Å². The van der Waals surface area contributed by atoms with Crippen LogP contribution < -0.4 is 0 Å². The van der Waals surface area contributed by atoms with Crippen molar-refractivity contribution in [2.45, 2.75) is 0 Å². The maximum absolute atomic E-state index is 14.8. The van der Waals surface area contributed by atoms with Crippen LogP contribution in [0.4, 0.5) is 8.78 Å². The first-order chi connectivity index (χ1) is 16.6. The summed E-state index contributed by atoms with van der Waals surface area (Å²) >= 11 is 0. The molecule has 0 aliphatic rings. The predicted octanol–water partition coefficient (Wildman–Crippen LogP) is 9.19. The molecule has 4 aromatic carbocycles. The fourth-order valence-electron chi connectivity index (χ4n) is 4.74. The van der Waals surface area contributed by atoms with Crippen LogP contribution in [0, 0.1) is 11.6 Å². The summed E-state index contributed by atoms with van der Waals surface area (Å²) in [6.07, 6.45) is 0. The Kier molecular flexibility index (Phi) is 5.01. The van der Waals surface area contributed by atoms with Crippen molar-refractivity contribution in [1.29, 1.82) is 0 Å². The van der Waals surface area contributed by atoms with Crippen LogP contribution in [0.1, 0.15) is 0 Å². The van der Waals surface area contributed by atoms with Gasteiger partial charge in [-0.25, -0.2) is 13.8 Å². The smallest absolute Gasteiger partial charge is 0.135 e. The van der Waals surface area contributed by atoms with E-state index in [0.717, 1.165) is 28.5 Å². The molecule has 0 saturated carbocycles. The molecule has 0 amide bonds. The SMILES string of the molecule is Cp1c2ccccc2c2cccc(-c3cc(-c4ccccc4)cc(-c4ccc(F)cc4F)n3)c21. The van der Waals surface area contributed by atoms with E-state index in [1.807, 2.05) is 36.4 Å². The quantitative estimate of drug-likeness (QED) is 0.255. The molecule has 0 fully saturated rings. The van der Waals surface area contributed by atoms with E-state index in [9.17, 15) is 8.78 Å². The van der Waals surface area contributed by atoms with Crippen LogP contribution in [0.15, 0.2) is 103 Å². The van der Waals surface area contributed by atoms with Crippen LogP contribution in [0.3, 0.4) is 0 Å². The Morgan fingerprint density at radius 2 is 1.32 bits per heavy atom. The van der Waals surface area contributed by atoms with E-state index in [-0.39, 0.29) is 5.56 Å². The van der Waals surface area contributed by atoms with Crippen molar-refractivity contribution in [2.75, 3.05) is 0 Å². The van der Waals surface area contributed by atoms with Gasteiger partial charge in [-0.05, 0) is 52.8 Å². The third-order valence-corrected chi connectivity index (χ3v) is 8.61. The fraction of sp³-hybridized carbons (Fsp3) is 0.0333. The number of fused-ring (bicyclic) bond motifs is 3. The second kappa shape index (κ2) is 8.20. The molecule has 6 aromatic rings. The number of benzene rings is 4. The molecule has 1 atom stereocenters. The van der Waals surface area contributed by atoms with Crippen LogP contribution in [0.2, 0.25) is 0 Å². The molecule has 0 bridgehead atoms. The molecular weight excluding hydrogens is 443 g/mol. The lowest BCUT2D eigenvalue weighted by Crippen LogP contribution is -1.94. The van der Waals surface area contributed by atoms with Gasteiger partial charge < -0.3 is 0 Å². The average molecular weight is 463 g/mol. The molecule has 6 rings (SSSR count). The molecule has 164 valence electrons. The zero-order chi connectivity index (χ0) is 23.2. The monoisotopic (exact) mass is 463 g/mol. The normalized spacial score (nSPS) is 11.9. The van der Waals surface area contributed by atoms with Crippen LogP contribution in [-0.4, -0.2) is 4.98 Å². The Balaban J connectivity index is 1.66. The fourth-order valence-corrected chi connectivity index (χ4v) is 6.96. The molecule has 4 heteroatoms. The Morgan fingerprint density at radius 1 is 0.618 bits per heavy atom. The van der Waals surface area contributed by atoms with Gasteiger partial charge >= 0.3 is 0 Å². The lowest BCUT2D eigenvalue weighted by atomic mass is 9.99. The molecule has 0 saturated heterocycles. The maximum atomic E-state index is 14.8. The number of aryl methyl sites for hydroxylation is 1. The Hall–Kier alpha value is -3.81. The van der Waals surface area contributed by atoms with Gasteiger partial charge in [-0.15, -0.1) is 7.53 Å². The second-order valence-electron chi connectivity index (χ2n) is 8.39. The van der Waals surface area contributed by atoms with Gasteiger partial charge in [0.15, 0.2) is 0 Å². The molecule has 2 heterocycles. The maximum Gasteiger partial charge on any atom is 0.135 e. The minimum atomic E-state index is -0.618. The molecule has 0 spiro atoms. The van der Waals surface area contributed by atoms with Crippen LogP contribution in [0.25, 0.3) is 54.7 Å². The lowest BCUT2D eigenvalue weighted by Gasteiger charge is -2.12. The number of aromatic nitrogens is 1. The van der Waals surface area contributed by atoms with Gasteiger partial charge in [0.1, 0.15) is 11.6 Å². The number of halogens is 2. The highest BCUT2D eigenvalue weighted by atomic mass is 31.1. The first-order valence-electron chi connectivity index (χ1n) is 11.1. The van der Waals surface area contributed by atoms with Gasteiger partial charge in [0.05, 0.1) is 11.4 Å². The first-order valence-corrected chi connectivity index (χ1v) is 12.9. The summed E-state index contributed by atoms with van der Waals surface area (Å²) in [6, 6.07) is 32.5. The summed E-state index contributed by atoms with van der Waals surface area (Å²) in [6.45, 7) is 2.28. The molecule has 0 aliphatic heterocycles. The largest absolute Gasteiger partial charge is 0.248 e. The summed E-state index contributed by atoms with van der Waals surface area (Å²) in [5.74, 6) is -1.22. The summed E-state index contributed by atoms with van der Waals surface area (Å²) in [5.41, 5.74) is 4.59. The van der Waals surface area contributed by atoms with Crippen LogP contribution in [-0.2, 0) is 6.66 Å². The highest BCUT2D eigenvalue weighted by molar-refractivity contribution is 7.60. The molecule has 0 radical (unpaired) electrons. The van der Waals surface area contributed by atoms with E-state index in [4.69, 9.17) is 4.98 Å². The average Bonchev–Trinajstić information content (AvgIpc) is 3.17. The number of hydrogen-bond donors (Lipinski definition) is 0. The third-order valence-electron chi connectivity index (χ3n) is 6.34. The van der Waals surface area contributed by atoms with Crippen molar-refractivity contribution in [3.8, 4) is 33.6 Å². The van der Waals surface area contributed by atoms with E-state index in [1.165, 1.54) is 33.1 Å². The van der Waals surface area contributed by atoms with Gasteiger partial charge in [-0.1, -0.05) is 72.8 Å². The second-order valence-corrected chi connectivity index (χ2v) is 10.4. The van der Waals surface area contributed by atoms with Crippen LogP contribution in [0.5, 0.6) is 0 Å². The van der Waals surface area contributed by atoms with Crippen molar-refractivity contribution in [2.24, 2.45) is 6.66 Å². The minimum Gasteiger partial charge on any atom is -0.248 e. The Morgan fingerprint density at radius 3 is 2.12 bits per heavy atom. The van der Waals surface area contributed by atoms with Crippen molar-refractivity contribution in [3.63, 3.8) is 0 Å². The molecular formula is C30H20F2NP. The lowest BCUT2D eigenvalue weighted by molar-refractivity contribution is 0.585. The molecule has 2 aromatic heterocycles. The van der Waals surface area contributed by atoms with Crippen molar-refractivity contribution in [1.82, 2.24) is 4.98 Å². The van der Waals surface area contributed by atoms with E-state index in [0.29, 0.717) is 5.69 Å². The van der Waals surface area contributed by atoms with Gasteiger partial charge in [-0.3, -0.25) is 0 Å². The Labute approximate surface area is 197 Å². The van der Waals surface area contributed by atoms with E-state index < -0.39 is 19.2 Å². The van der Waals surface area contributed by atoms with Gasteiger partial charge in [0, 0.05) is 27.4 Å².